The number of ether oxygens (including phenoxy) is 3. The van der Waals surface area contributed by atoms with Crippen molar-refractivity contribution in [3.8, 4) is 17.2 Å². The molecule has 1 aromatic rings. The summed E-state index contributed by atoms with van der Waals surface area (Å²) in [5, 5.41) is 3.41. The van der Waals surface area contributed by atoms with Gasteiger partial charge in [-0.05, 0) is 50.4 Å². The molecule has 0 spiro atoms. The molecule has 0 saturated carbocycles. The number of benzene rings is 1. The normalized spacial score (nSPS) is 19.4. The zero-order valence-corrected chi connectivity index (χ0v) is 12.1. The molecule has 2 aliphatic heterocycles. The fourth-order valence-electron chi connectivity index (χ4n) is 3.03. The number of hydrogen-bond donors (Lipinski definition) is 1. The van der Waals surface area contributed by atoms with E-state index in [1.165, 1.54) is 18.4 Å². The molecule has 2 aliphatic rings. The van der Waals surface area contributed by atoms with Crippen molar-refractivity contribution in [2.24, 2.45) is 5.92 Å². The molecule has 4 nitrogen and oxygen atoms in total. The zero-order chi connectivity index (χ0) is 13.8. The van der Waals surface area contributed by atoms with Crippen molar-refractivity contribution in [1.29, 1.82) is 0 Å². The van der Waals surface area contributed by atoms with E-state index >= 15 is 0 Å². The summed E-state index contributed by atoms with van der Waals surface area (Å²) in [5.41, 5.74) is 1.18. The lowest BCUT2D eigenvalue weighted by Gasteiger charge is -2.24. The van der Waals surface area contributed by atoms with E-state index in [-0.39, 0.29) is 0 Å². The molecule has 3 rings (SSSR count). The molecule has 1 N–H and O–H groups in total. The molecule has 0 radical (unpaired) electrons. The van der Waals surface area contributed by atoms with E-state index in [2.05, 4.69) is 5.32 Å². The maximum Gasteiger partial charge on any atom is 0.168 e. The van der Waals surface area contributed by atoms with Crippen molar-refractivity contribution >= 4 is 0 Å². The molecule has 0 aromatic heterocycles. The van der Waals surface area contributed by atoms with Gasteiger partial charge < -0.3 is 19.5 Å². The average Bonchev–Trinajstić information content (AvgIpc) is 2.74. The molecule has 0 unspecified atom stereocenters. The molecule has 2 heterocycles. The summed E-state index contributed by atoms with van der Waals surface area (Å²) in [6.45, 7) is 3.67. The van der Waals surface area contributed by atoms with Crippen LogP contribution in [0, 0.1) is 5.92 Å². The Morgan fingerprint density at radius 1 is 1.20 bits per heavy atom. The van der Waals surface area contributed by atoms with Crippen LogP contribution in [0.5, 0.6) is 17.2 Å². The van der Waals surface area contributed by atoms with Crippen LogP contribution in [-0.2, 0) is 6.42 Å². The molecule has 110 valence electrons. The Balaban J connectivity index is 1.89. The number of rotatable bonds is 3. The maximum absolute atomic E-state index is 5.94. The predicted molar refractivity (Wildman–Crippen MR) is 77.9 cm³/mol. The van der Waals surface area contributed by atoms with Gasteiger partial charge in [-0.2, -0.15) is 0 Å². The van der Waals surface area contributed by atoms with Crippen LogP contribution < -0.4 is 19.5 Å². The summed E-state index contributed by atoms with van der Waals surface area (Å²) < 4.78 is 17.3. The van der Waals surface area contributed by atoms with Crippen molar-refractivity contribution < 1.29 is 14.2 Å². The van der Waals surface area contributed by atoms with Crippen molar-refractivity contribution in [3.63, 3.8) is 0 Å². The topological polar surface area (TPSA) is 39.7 Å². The minimum atomic E-state index is 0.698. The molecule has 20 heavy (non-hydrogen) atoms. The summed E-state index contributed by atoms with van der Waals surface area (Å²) in [5.74, 6) is 3.39. The first-order chi connectivity index (χ1) is 9.88. The van der Waals surface area contributed by atoms with Crippen LogP contribution >= 0.6 is 0 Å². The van der Waals surface area contributed by atoms with Gasteiger partial charge in [0.15, 0.2) is 11.5 Å². The highest BCUT2D eigenvalue weighted by Crippen LogP contribution is 2.41. The molecule has 0 amide bonds. The molecule has 0 atom stereocenters. The Morgan fingerprint density at radius 2 is 2.00 bits per heavy atom. The SMILES string of the molecule is COc1ccc2c(c1CC1CCNCC1)OCCCO2. The van der Waals surface area contributed by atoms with Crippen LogP contribution in [0.4, 0.5) is 0 Å². The number of piperidine rings is 1. The zero-order valence-electron chi connectivity index (χ0n) is 12.1. The van der Waals surface area contributed by atoms with Gasteiger partial charge >= 0.3 is 0 Å². The Labute approximate surface area is 120 Å². The van der Waals surface area contributed by atoms with Gasteiger partial charge in [0.2, 0.25) is 0 Å². The Morgan fingerprint density at radius 3 is 2.80 bits per heavy atom. The van der Waals surface area contributed by atoms with Crippen LogP contribution in [0.25, 0.3) is 0 Å². The van der Waals surface area contributed by atoms with E-state index in [0.717, 1.165) is 56.4 Å². The molecule has 1 fully saturated rings. The van der Waals surface area contributed by atoms with E-state index in [0.29, 0.717) is 5.92 Å². The highest BCUT2D eigenvalue weighted by molar-refractivity contribution is 5.54. The van der Waals surface area contributed by atoms with E-state index in [1.54, 1.807) is 7.11 Å². The summed E-state index contributed by atoms with van der Waals surface area (Å²) in [7, 11) is 1.73. The van der Waals surface area contributed by atoms with Crippen molar-refractivity contribution in [1.82, 2.24) is 5.32 Å². The van der Waals surface area contributed by atoms with E-state index < -0.39 is 0 Å². The fourth-order valence-corrected chi connectivity index (χ4v) is 3.03. The van der Waals surface area contributed by atoms with Gasteiger partial charge in [0.25, 0.3) is 0 Å². The number of nitrogens with one attached hydrogen (secondary N) is 1. The van der Waals surface area contributed by atoms with Gasteiger partial charge in [0, 0.05) is 12.0 Å². The van der Waals surface area contributed by atoms with Crippen LogP contribution in [-0.4, -0.2) is 33.4 Å². The van der Waals surface area contributed by atoms with Crippen molar-refractivity contribution in [2.75, 3.05) is 33.4 Å². The smallest absolute Gasteiger partial charge is 0.168 e. The monoisotopic (exact) mass is 277 g/mol. The Bertz CT molecular complexity index is 455. The first-order valence-electron chi connectivity index (χ1n) is 7.54. The minimum Gasteiger partial charge on any atom is -0.496 e. The Kier molecular flexibility index (Phi) is 4.31. The average molecular weight is 277 g/mol. The molecule has 1 saturated heterocycles. The van der Waals surface area contributed by atoms with E-state index in [9.17, 15) is 0 Å². The fraction of sp³-hybridized carbons (Fsp3) is 0.625. The number of hydrogen-bond acceptors (Lipinski definition) is 4. The van der Waals surface area contributed by atoms with Crippen LogP contribution in [0.2, 0.25) is 0 Å². The number of fused-ring (bicyclic) bond motifs is 1. The van der Waals surface area contributed by atoms with Gasteiger partial charge in [0.05, 0.1) is 20.3 Å². The van der Waals surface area contributed by atoms with Gasteiger partial charge in [-0.3, -0.25) is 0 Å². The lowest BCUT2D eigenvalue weighted by molar-refractivity contribution is 0.293. The third-order valence-corrected chi connectivity index (χ3v) is 4.15. The summed E-state index contributed by atoms with van der Waals surface area (Å²) in [6.07, 6.45) is 4.38. The molecule has 0 aliphatic carbocycles. The second kappa shape index (κ2) is 6.35. The largest absolute Gasteiger partial charge is 0.496 e. The first kappa shape index (κ1) is 13.6. The molecular weight excluding hydrogens is 254 g/mol. The van der Waals surface area contributed by atoms with Gasteiger partial charge in [-0.25, -0.2) is 0 Å². The van der Waals surface area contributed by atoms with E-state index in [4.69, 9.17) is 14.2 Å². The predicted octanol–water partition coefficient (Wildman–Crippen LogP) is 2.40. The lowest BCUT2D eigenvalue weighted by atomic mass is 9.90. The third kappa shape index (κ3) is 2.85. The summed E-state index contributed by atoms with van der Waals surface area (Å²) in [6, 6.07) is 3.97. The first-order valence-corrected chi connectivity index (χ1v) is 7.54. The van der Waals surface area contributed by atoms with Crippen molar-refractivity contribution in [2.45, 2.75) is 25.7 Å². The quantitative estimate of drug-likeness (QED) is 0.921. The summed E-state index contributed by atoms with van der Waals surface area (Å²) in [4.78, 5) is 0. The standard InChI is InChI=1S/C16H23NO3/c1-18-14-3-4-15-16(20-10-2-9-19-15)13(14)11-12-5-7-17-8-6-12/h3-4,12,17H,2,5-11H2,1H3. The van der Waals surface area contributed by atoms with Crippen LogP contribution in [0.3, 0.4) is 0 Å². The molecule has 1 aromatic carbocycles. The van der Waals surface area contributed by atoms with Gasteiger partial charge in [-0.1, -0.05) is 0 Å². The summed E-state index contributed by atoms with van der Waals surface area (Å²) >= 11 is 0. The van der Waals surface area contributed by atoms with E-state index in [1.807, 2.05) is 12.1 Å². The van der Waals surface area contributed by atoms with Gasteiger partial charge in [-0.15, -0.1) is 0 Å². The molecule has 0 bridgehead atoms. The minimum absolute atomic E-state index is 0.698. The second-order valence-corrected chi connectivity index (χ2v) is 5.52. The Hall–Kier alpha value is -1.42. The van der Waals surface area contributed by atoms with Crippen LogP contribution in [0.1, 0.15) is 24.8 Å². The third-order valence-electron chi connectivity index (χ3n) is 4.15. The molecule has 4 heteroatoms. The molecular formula is C16H23NO3. The van der Waals surface area contributed by atoms with Crippen molar-refractivity contribution in [3.05, 3.63) is 17.7 Å². The second-order valence-electron chi connectivity index (χ2n) is 5.52. The van der Waals surface area contributed by atoms with Crippen LogP contribution in [0.15, 0.2) is 12.1 Å². The highest BCUT2D eigenvalue weighted by Gasteiger charge is 2.23. The maximum atomic E-state index is 5.94. The number of methoxy groups -OCH3 is 1. The highest BCUT2D eigenvalue weighted by atomic mass is 16.5. The van der Waals surface area contributed by atoms with Gasteiger partial charge in [0.1, 0.15) is 5.75 Å². The lowest BCUT2D eigenvalue weighted by Crippen LogP contribution is -2.28.